The third-order valence-corrected chi connectivity index (χ3v) is 5.08. The highest BCUT2D eigenvalue weighted by Gasteiger charge is 2.04. The van der Waals surface area contributed by atoms with Gasteiger partial charge in [0.25, 0.3) is 0 Å². The van der Waals surface area contributed by atoms with Gasteiger partial charge in [0.05, 0.1) is 17.0 Å². The Hall–Kier alpha value is -2.64. The van der Waals surface area contributed by atoms with Gasteiger partial charge < -0.3 is 4.74 Å². The number of carbonyl (C=O) groups excluding carboxylic acids is 1. The van der Waals surface area contributed by atoms with E-state index >= 15 is 0 Å². The summed E-state index contributed by atoms with van der Waals surface area (Å²) in [5.41, 5.74) is 4.38. The number of hydrazone groups is 1. The number of carbonyl (C=O) groups is 1. The molecule has 7 heteroatoms. The summed E-state index contributed by atoms with van der Waals surface area (Å²) in [4.78, 5) is 16.1. The first-order valence-electron chi connectivity index (χ1n) is 8.53. The number of benzene rings is 2. The second-order valence-corrected chi connectivity index (χ2v) is 7.61. The van der Waals surface area contributed by atoms with Crippen molar-refractivity contribution < 1.29 is 9.53 Å². The fourth-order valence-electron chi connectivity index (χ4n) is 2.24. The zero-order chi connectivity index (χ0) is 19.6. The Labute approximate surface area is 176 Å². The maximum atomic E-state index is 11.9. The van der Waals surface area contributed by atoms with Gasteiger partial charge in [0.1, 0.15) is 12.4 Å². The minimum absolute atomic E-state index is 0.194. The zero-order valence-corrected chi connectivity index (χ0v) is 17.3. The van der Waals surface area contributed by atoms with Gasteiger partial charge >= 0.3 is 0 Å². The van der Waals surface area contributed by atoms with Crippen molar-refractivity contribution in [2.75, 3.05) is 5.75 Å². The average molecular weight is 456 g/mol. The average Bonchev–Trinajstić information content (AvgIpc) is 2.73. The van der Waals surface area contributed by atoms with Crippen molar-refractivity contribution >= 4 is 39.8 Å². The molecule has 1 heterocycles. The number of nitrogens with one attached hydrogen (secondary N) is 1. The lowest BCUT2D eigenvalue weighted by Gasteiger charge is -2.09. The number of pyridine rings is 1. The Morgan fingerprint density at radius 2 is 1.89 bits per heavy atom. The Bertz CT molecular complexity index is 934. The number of para-hydroxylation sites is 1. The fraction of sp³-hybridized carbons (Fsp3) is 0.0952. The number of amides is 1. The van der Waals surface area contributed by atoms with Crippen LogP contribution >= 0.6 is 27.7 Å². The molecule has 0 fully saturated rings. The summed E-state index contributed by atoms with van der Waals surface area (Å²) >= 11 is 4.78. The van der Waals surface area contributed by atoms with E-state index in [1.165, 1.54) is 11.8 Å². The summed E-state index contributed by atoms with van der Waals surface area (Å²) in [6.07, 6.45) is 3.28. The van der Waals surface area contributed by atoms with Gasteiger partial charge in [0.2, 0.25) is 5.91 Å². The number of hydrogen-bond acceptors (Lipinski definition) is 5. The lowest BCUT2D eigenvalue weighted by molar-refractivity contribution is -0.118. The molecule has 3 rings (SSSR count). The lowest BCUT2D eigenvalue weighted by atomic mass is 10.2. The van der Waals surface area contributed by atoms with Crippen LogP contribution in [-0.4, -0.2) is 22.9 Å². The van der Waals surface area contributed by atoms with Crippen LogP contribution in [0.4, 0.5) is 0 Å². The molecule has 0 atom stereocenters. The molecule has 28 heavy (non-hydrogen) atoms. The van der Waals surface area contributed by atoms with Crippen LogP contribution in [0.3, 0.4) is 0 Å². The van der Waals surface area contributed by atoms with Crippen LogP contribution in [0.5, 0.6) is 5.75 Å². The van der Waals surface area contributed by atoms with E-state index in [9.17, 15) is 4.79 Å². The minimum Gasteiger partial charge on any atom is -0.488 e. The van der Waals surface area contributed by atoms with E-state index < -0.39 is 0 Å². The normalized spacial score (nSPS) is 10.8. The van der Waals surface area contributed by atoms with Gasteiger partial charge in [-0.25, -0.2) is 10.4 Å². The Morgan fingerprint density at radius 3 is 2.68 bits per heavy atom. The molecule has 0 saturated carbocycles. The lowest BCUT2D eigenvalue weighted by Crippen LogP contribution is -2.19. The molecule has 0 unspecified atom stereocenters. The predicted octanol–water partition coefficient (Wildman–Crippen LogP) is 4.67. The molecular weight excluding hydrogens is 438 g/mol. The number of halogens is 1. The molecule has 1 N–H and O–H groups in total. The van der Waals surface area contributed by atoms with Crippen LogP contribution in [0, 0.1) is 0 Å². The number of nitrogens with zero attached hydrogens (tertiary/aromatic N) is 2. The fourth-order valence-corrected chi connectivity index (χ4v) is 3.16. The molecule has 0 aliphatic carbocycles. The Morgan fingerprint density at radius 1 is 1.11 bits per heavy atom. The standard InChI is InChI=1S/C21H18BrN3O2S/c22-18-10-8-16(9-11-18)14-27-19-6-2-1-5-17(19)13-24-25-20(26)15-28-21-7-3-4-12-23-21/h1-13H,14-15H2,(H,25,26)/b24-13+. The highest BCUT2D eigenvalue weighted by Crippen LogP contribution is 2.18. The molecule has 0 saturated heterocycles. The first-order chi connectivity index (χ1) is 13.7. The molecule has 5 nitrogen and oxygen atoms in total. The maximum absolute atomic E-state index is 11.9. The van der Waals surface area contributed by atoms with E-state index in [0.29, 0.717) is 12.4 Å². The molecule has 1 amide bonds. The van der Waals surface area contributed by atoms with Crippen molar-refractivity contribution in [3.63, 3.8) is 0 Å². The second-order valence-electron chi connectivity index (χ2n) is 5.70. The van der Waals surface area contributed by atoms with Crippen LogP contribution in [0.1, 0.15) is 11.1 Å². The molecule has 0 spiro atoms. The van der Waals surface area contributed by atoms with Crippen LogP contribution in [-0.2, 0) is 11.4 Å². The smallest absolute Gasteiger partial charge is 0.250 e. The quantitative estimate of drug-likeness (QED) is 0.304. The highest BCUT2D eigenvalue weighted by molar-refractivity contribution is 9.10. The zero-order valence-electron chi connectivity index (χ0n) is 14.9. The predicted molar refractivity (Wildman–Crippen MR) is 116 cm³/mol. The molecule has 3 aromatic rings. The number of ether oxygens (including phenoxy) is 1. The molecule has 2 aromatic carbocycles. The van der Waals surface area contributed by atoms with Crippen molar-refractivity contribution in [1.82, 2.24) is 10.4 Å². The Balaban J connectivity index is 1.52. The third kappa shape index (κ3) is 6.51. The van der Waals surface area contributed by atoms with E-state index in [-0.39, 0.29) is 11.7 Å². The Kier molecular flexibility index (Phi) is 7.63. The first kappa shape index (κ1) is 20.1. The molecule has 0 bridgehead atoms. The monoisotopic (exact) mass is 455 g/mol. The topological polar surface area (TPSA) is 63.6 Å². The van der Waals surface area contributed by atoms with E-state index in [4.69, 9.17) is 4.74 Å². The number of aromatic nitrogens is 1. The van der Waals surface area contributed by atoms with E-state index in [1.54, 1.807) is 12.4 Å². The third-order valence-electron chi connectivity index (χ3n) is 3.61. The number of thioether (sulfide) groups is 1. The summed E-state index contributed by atoms with van der Waals surface area (Å²) in [6.45, 7) is 0.450. The van der Waals surface area contributed by atoms with Gasteiger partial charge in [0, 0.05) is 16.2 Å². The van der Waals surface area contributed by atoms with Crippen LogP contribution in [0.25, 0.3) is 0 Å². The summed E-state index contributed by atoms with van der Waals surface area (Å²) in [5, 5.41) is 4.84. The minimum atomic E-state index is -0.194. The summed E-state index contributed by atoms with van der Waals surface area (Å²) in [7, 11) is 0. The SMILES string of the molecule is O=C(CSc1ccccn1)N/N=C/c1ccccc1OCc1ccc(Br)cc1. The van der Waals surface area contributed by atoms with Gasteiger partial charge in [-0.3, -0.25) is 4.79 Å². The first-order valence-corrected chi connectivity index (χ1v) is 10.3. The summed E-state index contributed by atoms with van der Waals surface area (Å²) in [6, 6.07) is 21.1. The van der Waals surface area contributed by atoms with Gasteiger partial charge in [-0.05, 0) is 42.0 Å². The molecular formula is C21H18BrN3O2S. The van der Waals surface area contributed by atoms with E-state index in [0.717, 1.165) is 20.6 Å². The highest BCUT2D eigenvalue weighted by atomic mass is 79.9. The van der Waals surface area contributed by atoms with Crippen LogP contribution < -0.4 is 10.2 Å². The van der Waals surface area contributed by atoms with Gasteiger partial charge in [-0.2, -0.15) is 5.10 Å². The van der Waals surface area contributed by atoms with Crippen molar-refractivity contribution in [2.24, 2.45) is 5.10 Å². The van der Waals surface area contributed by atoms with Crippen LogP contribution in [0.15, 0.2) is 87.5 Å². The van der Waals surface area contributed by atoms with Gasteiger partial charge in [-0.15, -0.1) is 0 Å². The van der Waals surface area contributed by atoms with Crippen LogP contribution in [0.2, 0.25) is 0 Å². The summed E-state index contributed by atoms with van der Waals surface area (Å²) < 4.78 is 6.92. The van der Waals surface area contributed by atoms with Crippen molar-refractivity contribution in [3.8, 4) is 5.75 Å². The van der Waals surface area contributed by atoms with Gasteiger partial charge in [-0.1, -0.05) is 58.0 Å². The summed E-state index contributed by atoms with van der Waals surface area (Å²) in [5.74, 6) is 0.752. The largest absolute Gasteiger partial charge is 0.488 e. The molecule has 0 aliphatic heterocycles. The van der Waals surface area contributed by atoms with Crippen molar-refractivity contribution in [3.05, 3.63) is 88.5 Å². The maximum Gasteiger partial charge on any atom is 0.250 e. The molecule has 0 aliphatic rings. The van der Waals surface area contributed by atoms with Crippen molar-refractivity contribution in [2.45, 2.75) is 11.6 Å². The van der Waals surface area contributed by atoms with E-state index in [1.807, 2.05) is 66.7 Å². The second kappa shape index (κ2) is 10.6. The van der Waals surface area contributed by atoms with Crippen molar-refractivity contribution in [1.29, 1.82) is 0 Å². The molecule has 1 aromatic heterocycles. The number of hydrogen-bond donors (Lipinski definition) is 1. The van der Waals surface area contributed by atoms with Gasteiger partial charge in [0.15, 0.2) is 0 Å². The molecule has 0 radical (unpaired) electrons. The number of rotatable bonds is 8. The van der Waals surface area contributed by atoms with E-state index in [2.05, 4.69) is 31.4 Å². The molecule has 142 valence electrons.